The molecule has 0 spiro atoms. The zero-order valence-electron chi connectivity index (χ0n) is 12.1. The second-order valence-electron chi connectivity index (χ2n) is 4.81. The second kappa shape index (κ2) is 5.40. The molecule has 0 amide bonds. The number of ether oxygens (including phenoxy) is 1. The van der Waals surface area contributed by atoms with E-state index in [2.05, 4.69) is 10.1 Å². The van der Waals surface area contributed by atoms with Gasteiger partial charge in [-0.2, -0.15) is 5.10 Å². The van der Waals surface area contributed by atoms with Crippen LogP contribution in [0.15, 0.2) is 47.2 Å². The van der Waals surface area contributed by atoms with E-state index in [0.29, 0.717) is 17.2 Å². The van der Waals surface area contributed by atoms with E-state index in [9.17, 15) is 9.59 Å². The summed E-state index contributed by atoms with van der Waals surface area (Å²) < 4.78 is 6.14. The summed E-state index contributed by atoms with van der Waals surface area (Å²) in [5, 5.41) is 4.29. The maximum absolute atomic E-state index is 11.7. The van der Waals surface area contributed by atoms with Crippen LogP contribution in [0.1, 0.15) is 24.2 Å². The number of benzene rings is 1. The molecular weight excluding hydrogens is 282 g/mol. The Kier molecular flexibility index (Phi) is 3.42. The number of aromatic nitrogens is 2. The molecule has 0 unspecified atom stereocenters. The minimum Gasteiger partial charge on any atom is -0.407 e. The summed E-state index contributed by atoms with van der Waals surface area (Å²) >= 11 is 0. The molecule has 0 N–H and O–H groups in total. The van der Waals surface area contributed by atoms with Gasteiger partial charge in [0.15, 0.2) is 11.6 Å². The molecule has 0 radical (unpaired) electrons. The van der Waals surface area contributed by atoms with Gasteiger partial charge in [-0.1, -0.05) is 30.3 Å². The molecule has 2 heterocycles. The van der Waals surface area contributed by atoms with Crippen molar-refractivity contribution in [1.82, 2.24) is 9.78 Å². The average molecular weight is 295 g/mol. The van der Waals surface area contributed by atoms with Gasteiger partial charge in [0.2, 0.25) is 5.91 Å². The van der Waals surface area contributed by atoms with Crippen molar-refractivity contribution in [2.24, 2.45) is 4.99 Å². The first-order valence-electron chi connectivity index (χ1n) is 6.70. The molecule has 6 nitrogen and oxygen atoms in total. The van der Waals surface area contributed by atoms with E-state index in [4.69, 9.17) is 4.74 Å². The molecule has 2 aromatic rings. The number of carbonyl (C=O) groups is 2. The quantitative estimate of drug-likeness (QED) is 0.630. The molecule has 22 heavy (non-hydrogen) atoms. The van der Waals surface area contributed by atoms with Gasteiger partial charge in [-0.25, -0.2) is 14.5 Å². The molecule has 0 fully saturated rings. The predicted molar refractivity (Wildman–Crippen MR) is 81.1 cm³/mol. The topological polar surface area (TPSA) is 73.6 Å². The predicted octanol–water partition coefficient (Wildman–Crippen LogP) is 2.53. The second-order valence-corrected chi connectivity index (χ2v) is 4.81. The van der Waals surface area contributed by atoms with Crippen molar-refractivity contribution in [3.05, 3.63) is 47.8 Å². The van der Waals surface area contributed by atoms with E-state index >= 15 is 0 Å². The van der Waals surface area contributed by atoms with Crippen LogP contribution in [0, 0.1) is 0 Å². The van der Waals surface area contributed by atoms with Crippen molar-refractivity contribution < 1.29 is 14.3 Å². The van der Waals surface area contributed by atoms with E-state index in [0.717, 1.165) is 5.56 Å². The molecule has 6 heteroatoms. The Morgan fingerprint density at radius 3 is 2.59 bits per heavy atom. The molecule has 1 aromatic heterocycles. The smallest absolute Gasteiger partial charge is 0.363 e. The largest absolute Gasteiger partial charge is 0.407 e. The summed E-state index contributed by atoms with van der Waals surface area (Å²) in [5.74, 6) is -0.418. The van der Waals surface area contributed by atoms with Crippen LogP contribution in [0.25, 0.3) is 17.3 Å². The molecule has 0 aliphatic carbocycles. The number of aliphatic imine (C=N–C) groups is 1. The standard InChI is InChI=1S/C16H13N3O3/c1-10-17-14(16(21)22-10)8-13-9-19(11(2)20)18-15(13)12-6-4-3-5-7-12/h3-9H,1-2H3/b14-8-. The summed E-state index contributed by atoms with van der Waals surface area (Å²) in [4.78, 5) is 27.3. The lowest BCUT2D eigenvalue weighted by Crippen LogP contribution is -2.05. The van der Waals surface area contributed by atoms with Gasteiger partial charge in [0, 0.05) is 31.2 Å². The van der Waals surface area contributed by atoms with Crippen LogP contribution in [-0.2, 0) is 9.53 Å². The summed E-state index contributed by atoms with van der Waals surface area (Å²) in [6, 6.07) is 9.43. The minimum absolute atomic E-state index is 0.192. The average Bonchev–Trinajstić information content (AvgIpc) is 3.04. The Labute approximate surface area is 126 Å². The van der Waals surface area contributed by atoms with Crippen molar-refractivity contribution in [3.63, 3.8) is 0 Å². The van der Waals surface area contributed by atoms with Gasteiger partial charge >= 0.3 is 5.97 Å². The van der Waals surface area contributed by atoms with Crippen LogP contribution in [0.3, 0.4) is 0 Å². The van der Waals surface area contributed by atoms with E-state index in [1.54, 1.807) is 19.2 Å². The molecule has 1 aromatic carbocycles. The third-order valence-corrected chi connectivity index (χ3v) is 3.13. The molecule has 3 rings (SSSR count). The Morgan fingerprint density at radius 2 is 2.00 bits per heavy atom. The monoisotopic (exact) mass is 295 g/mol. The first-order valence-corrected chi connectivity index (χ1v) is 6.70. The molecule has 1 aliphatic rings. The third-order valence-electron chi connectivity index (χ3n) is 3.13. The first-order chi connectivity index (χ1) is 10.5. The highest BCUT2D eigenvalue weighted by Crippen LogP contribution is 2.25. The van der Waals surface area contributed by atoms with Crippen LogP contribution >= 0.6 is 0 Å². The number of nitrogens with zero attached hydrogens (tertiary/aromatic N) is 3. The van der Waals surface area contributed by atoms with E-state index in [1.807, 2.05) is 30.3 Å². The van der Waals surface area contributed by atoms with Crippen LogP contribution < -0.4 is 0 Å². The zero-order valence-corrected chi connectivity index (χ0v) is 12.1. The lowest BCUT2D eigenvalue weighted by Gasteiger charge is -1.98. The number of hydrogen-bond donors (Lipinski definition) is 0. The van der Waals surface area contributed by atoms with Crippen molar-refractivity contribution in [2.75, 3.05) is 0 Å². The van der Waals surface area contributed by atoms with Crippen molar-refractivity contribution in [1.29, 1.82) is 0 Å². The third kappa shape index (κ3) is 2.58. The summed E-state index contributed by atoms with van der Waals surface area (Å²) in [7, 11) is 0. The number of hydrogen-bond acceptors (Lipinski definition) is 5. The maximum atomic E-state index is 11.7. The first kappa shape index (κ1) is 13.9. The van der Waals surface area contributed by atoms with Crippen LogP contribution in [0.5, 0.6) is 0 Å². The molecule has 0 bridgehead atoms. The normalized spacial score (nSPS) is 15.8. The Morgan fingerprint density at radius 1 is 1.27 bits per heavy atom. The van der Waals surface area contributed by atoms with Crippen LogP contribution in [0.2, 0.25) is 0 Å². The lowest BCUT2D eigenvalue weighted by atomic mass is 10.1. The fourth-order valence-electron chi connectivity index (χ4n) is 2.14. The van der Waals surface area contributed by atoms with E-state index in [-0.39, 0.29) is 11.6 Å². The molecular formula is C16H13N3O3. The number of esters is 1. The van der Waals surface area contributed by atoms with E-state index in [1.165, 1.54) is 11.6 Å². The summed E-state index contributed by atoms with van der Waals surface area (Å²) in [6.45, 7) is 3.03. The minimum atomic E-state index is -0.507. The number of rotatable bonds is 2. The molecule has 0 atom stereocenters. The Hall–Kier alpha value is -3.02. The van der Waals surface area contributed by atoms with Crippen LogP contribution in [-0.4, -0.2) is 27.6 Å². The fraction of sp³-hybridized carbons (Fsp3) is 0.125. The van der Waals surface area contributed by atoms with Gasteiger partial charge in [-0.15, -0.1) is 0 Å². The highest BCUT2D eigenvalue weighted by atomic mass is 16.6. The van der Waals surface area contributed by atoms with Gasteiger partial charge < -0.3 is 4.74 Å². The molecule has 1 aliphatic heterocycles. The SMILES string of the molecule is CC(=O)n1cc(/C=C2\N=C(C)OC2=O)c(-c2ccccc2)n1. The fourth-order valence-corrected chi connectivity index (χ4v) is 2.14. The lowest BCUT2D eigenvalue weighted by molar-refractivity contribution is -0.130. The Balaban J connectivity index is 2.13. The maximum Gasteiger partial charge on any atom is 0.363 e. The molecule has 110 valence electrons. The molecule has 0 saturated heterocycles. The van der Waals surface area contributed by atoms with Gasteiger partial charge in [0.05, 0.1) is 0 Å². The van der Waals surface area contributed by atoms with Gasteiger partial charge in [0.1, 0.15) is 5.69 Å². The van der Waals surface area contributed by atoms with E-state index < -0.39 is 5.97 Å². The van der Waals surface area contributed by atoms with Gasteiger partial charge in [0.25, 0.3) is 0 Å². The summed E-state index contributed by atoms with van der Waals surface area (Å²) in [6.07, 6.45) is 3.15. The molecule has 0 saturated carbocycles. The highest BCUT2D eigenvalue weighted by Gasteiger charge is 2.21. The van der Waals surface area contributed by atoms with Crippen molar-refractivity contribution >= 4 is 23.9 Å². The number of carbonyl (C=O) groups excluding carboxylic acids is 2. The number of cyclic esters (lactones) is 1. The highest BCUT2D eigenvalue weighted by molar-refractivity contribution is 6.06. The van der Waals surface area contributed by atoms with Crippen LogP contribution in [0.4, 0.5) is 0 Å². The van der Waals surface area contributed by atoms with Gasteiger partial charge in [-0.3, -0.25) is 4.79 Å². The van der Waals surface area contributed by atoms with Crippen molar-refractivity contribution in [2.45, 2.75) is 13.8 Å². The Bertz CT molecular complexity index is 816. The van der Waals surface area contributed by atoms with Gasteiger partial charge in [-0.05, 0) is 6.08 Å². The van der Waals surface area contributed by atoms with Crippen molar-refractivity contribution in [3.8, 4) is 11.3 Å². The summed E-state index contributed by atoms with van der Waals surface area (Å²) in [5.41, 5.74) is 2.28. The zero-order chi connectivity index (χ0) is 15.7.